The van der Waals surface area contributed by atoms with E-state index in [2.05, 4.69) is 10.1 Å². The first-order chi connectivity index (χ1) is 8.27. The normalized spacial score (nSPS) is 10.8. The zero-order valence-electron chi connectivity index (χ0n) is 8.48. The lowest BCUT2D eigenvalue weighted by molar-refractivity contribution is -0.383. The lowest BCUT2D eigenvalue weighted by atomic mass is 10.3. The van der Waals surface area contributed by atoms with Gasteiger partial charge in [0.2, 0.25) is 5.65 Å². The van der Waals surface area contributed by atoms with Gasteiger partial charge < -0.3 is 0 Å². The van der Waals surface area contributed by atoms with Crippen LogP contribution < -0.4 is 0 Å². The number of aromatic nitrogens is 3. The molecule has 0 saturated carbocycles. The number of hydrogen-bond acceptors (Lipinski definition) is 5. The summed E-state index contributed by atoms with van der Waals surface area (Å²) in [6, 6.07) is 5.65. The molecule has 3 aromatic rings. The molecule has 3 rings (SSSR count). The molecule has 0 N–H and O–H groups in total. The molecule has 0 spiro atoms. The van der Waals surface area contributed by atoms with Gasteiger partial charge in [-0.1, -0.05) is 6.07 Å². The molecule has 0 aliphatic carbocycles. The van der Waals surface area contributed by atoms with Crippen LogP contribution in [0.25, 0.3) is 16.2 Å². The summed E-state index contributed by atoms with van der Waals surface area (Å²) in [6.45, 7) is 0. The second-order valence-corrected chi connectivity index (χ2v) is 4.28. The standard InChI is InChI=1S/C10H6N4O2S/c15-14(16)8-6-12-13-7(3-4-11-10(8)13)9-2-1-5-17-9/h1-6H. The maximum Gasteiger partial charge on any atom is 0.333 e. The Bertz CT molecular complexity index is 689. The predicted molar refractivity (Wildman–Crippen MR) is 63.0 cm³/mol. The summed E-state index contributed by atoms with van der Waals surface area (Å²) in [5.74, 6) is 0. The van der Waals surface area contributed by atoms with Gasteiger partial charge in [0.15, 0.2) is 0 Å². The summed E-state index contributed by atoms with van der Waals surface area (Å²) < 4.78 is 1.49. The monoisotopic (exact) mass is 246 g/mol. The molecule has 3 heterocycles. The van der Waals surface area contributed by atoms with Gasteiger partial charge in [-0.3, -0.25) is 10.1 Å². The molecule has 17 heavy (non-hydrogen) atoms. The molecule has 3 aromatic heterocycles. The maximum atomic E-state index is 10.8. The van der Waals surface area contributed by atoms with Crippen molar-refractivity contribution in [1.82, 2.24) is 14.6 Å². The van der Waals surface area contributed by atoms with Gasteiger partial charge in [0, 0.05) is 6.20 Å². The number of nitrogens with zero attached hydrogens (tertiary/aromatic N) is 4. The summed E-state index contributed by atoms with van der Waals surface area (Å²) in [4.78, 5) is 15.3. The van der Waals surface area contributed by atoms with E-state index in [0.29, 0.717) is 0 Å². The third kappa shape index (κ3) is 1.48. The van der Waals surface area contributed by atoms with Crippen molar-refractivity contribution in [2.45, 2.75) is 0 Å². The molecule has 0 bridgehead atoms. The van der Waals surface area contributed by atoms with Crippen molar-refractivity contribution >= 4 is 22.7 Å². The van der Waals surface area contributed by atoms with E-state index in [4.69, 9.17) is 0 Å². The highest BCUT2D eigenvalue weighted by Crippen LogP contribution is 2.27. The Labute approximate surface area is 99.3 Å². The molecule has 0 aliphatic rings. The quantitative estimate of drug-likeness (QED) is 0.514. The van der Waals surface area contributed by atoms with Crippen molar-refractivity contribution in [3.05, 3.63) is 46.1 Å². The number of hydrogen-bond donors (Lipinski definition) is 0. The number of fused-ring (bicyclic) bond motifs is 1. The van der Waals surface area contributed by atoms with E-state index in [1.54, 1.807) is 23.6 Å². The van der Waals surface area contributed by atoms with Crippen molar-refractivity contribution in [2.75, 3.05) is 0 Å². The molecule has 0 atom stereocenters. The second-order valence-electron chi connectivity index (χ2n) is 3.33. The number of rotatable bonds is 2. The zero-order chi connectivity index (χ0) is 11.8. The van der Waals surface area contributed by atoms with Crippen LogP contribution in [0.1, 0.15) is 0 Å². The van der Waals surface area contributed by atoms with Gasteiger partial charge in [-0.25, -0.2) is 9.50 Å². The van der Waals surface area contributed by atoms with E-state index in [0.717, 1.165) is 10.6 Å². The molecular formula is C10H6N4O2S. The SMILES string of the molecule is O=[N+]([O-])c1cnn2c(-c3cccs3)ccnc12. The van der Waals surface area contributed by atoms with Gasteiger partial charge in [-0.05, 0) is 17.5 Å². The van der Waals surface area contributed by atoms with Crippen molar-refractivity contribution in [3.8, 4) is 10.6 Å². The number of nitro groups is 1. The molecule has 0 aromatic carbocycles. The van der Waals surface area contributed by atoms with Crippen molar-refractivity contribution in [3.63, 3.8) is 0 Å². The number of thiophene rings is 1. The molecule has 0 amide bonds. The maximum absolute atomic E-state index is 10.8. The summed E-state index contributed by atoms with van der Waals surface area (Å²) >= 11 is 1.55. The summed E-state index contributed by atoms with van der Waals surface area (Å²) in [5, 5.41) is 16.7. The third-order valence-corrected chi connectivity index (χ3v) is 3.25. The van der Waals surface area contributed by atoms with Gasteiger partial charge in [-0.2, -0.15) is 5.10 Å². The van der Waals surface area contributed by atoms with Gasteiger partial charge >= 0.3 is 5.69 Å². The van der Waals surface area contributed by atoms with E-state index < -0.39 is 4.92 Å². The summed E-state index contributed by atoms with van der Waals surface area (Å²) in [6.07, 6.45) is 2.78. The largest absolute Gasteiger partial charge is 0.333 e. The van der Waals surface area contributed by atoms with Crippen LogP contribution in [0.5, 0.6) is 0 Å². The first-order valence-electron chi connectivity index (χ1n) is 4.78. The van der Waals surface area contributed by atoms with Crippen LogP contribution in [0.15, 0.2) is 36.0 Å². The van der Waals surface area contributed by atoms with E-state index in [9.17, 15) is 10.1 Å². The Morgan fingerprint density at radius 3 is 3.00 bits per heavy atom. The predicted octanol–water partition coefficient (Wildman–Crippen LogP) is 2.37. The Balaban J connectivity index is 2.32. The molecular weight excluding hydrogens is 240 g/mol. The molecule has 7 heteroatoms. The third-order valence-electron chi connectivity index (χ3n) is 2.35. The highest BCUT2D eigenvalue weighted by Gasteiger charge is 2.18. The highest BCUT2D eigenvalue weighted by atomic mass is 32.1. The molecule has 0 fully saturated rings. The Morgan fingerprint density at radius 2 is 2.29 bits per heavy atom. The lowest BCUT2D eigenvalue weighted by Gasteiger charge is -1.99. The molecule has 84 valence electrons. The molecule has 0 radical (unpaired) electrons. The van der Waals surface area contributed by atoms with Crippen LogP contribution in [0.3, 0.4) is 0 Å². The van der Waals surface area contributed by atoms with Crippen molar-refractivity contribution in [2.24, 2.45) is 0 Å². The summed E-state index contributed by atoms with van der Waals surface area (Å²) in [5.41, 5.74) is 0.988. The van der Waals surface area contributed by atoms with E-state index in [-0.39, 0.29) is 11.3 Å². The summed E-state index contributed by atoms with van der Waals surface area (Å²) in [7, 11) is 0. The second kappa shape index (κ2) is 3.63. The Kier molecular flexibility index (Phi) is 2.12. The fraction of sp³-hybridized carbons (Fsp3) is 0. The van der Waals surface area contributed by atoms with Gasteiger partial charge in [0.05, 0.1) is 15.5 Å². The smallest absolute Gasteiger partial charge is 0.258 e. The fourth-order valence-corrected chi connectivity index (χ4v) is 2.36. The Hall–Kier alpha value is -2.28. The first-order valence-corrected chi connectivity index (χ1v) is 5.66. The van der Waals surface area contributed by atoms with Gasteiger partial charge in [0.1, 0.15) is 6.20 Å². The minimum atomic E-state index is -0.479. The van der Waals surface area contributed by atoms with E-state index in [1.807, 2.05) is 17.5 Å². The first kappa shape index (κ1) is 9.91. The fourth-order valence-electron chi connectivity index (χ4n) is 1.62. The van der Waals surface area contributed by atoms with Gasteiger partial charge in [0.25, 0.3) is 0 Å². The van der Waals surface area contributed by atoms with Crippen LogP contribution in [-0.4, -0.2) is 19.5 Å². The Morgan fingerprint density at radius 1 is 1.41 bits per heavy atom. The van der Waals surface area contributed by atoms with Crippen molar-refractivity contribution < 1.29 is 4.92 Å². The van der Waals surface area contributed by atoms with Crippen LogP contribution >= 0.6 is 11.3 Å². The minimum Gasteiger partial charge on any atom is -0.258 e. The van der Waals surface area contributed by atoms with Crippen LogP contribution in [0.2, 0.25) is 0 Å². The average Bonchev–Trinajstić information content (AvgIpc) is 2.97. The average molecular weight is 246 g/mol. The van der Waals surface area contributed by atoms with Gasteiger partial charge in [-0.15, -0.1) is 11.3 Å². The molecule has 0 saturated heterocycles. The lowest BCUT2D eigenvalue weighted by Crippen LogP contribution is -1.95. The molecule has 6 nitrogen and oxygen atoms in total. The van der Waals surface area contributed by atoms with Crippen LogP contribution in [0.4, 0.5) is 5.69 Å². The van der Waals surface area contributed by atoms with Crippen LogP contribution in [0, 0.1) is 10.1 Å². The highest BCUT2D eigenvalue weighted by molar-refractivity contribution is 7.13. The molecule has 0 unspecified atom stereocenters. The van der Waals surface area contributed by atoms with Crippen LogP contribution in [-0.2, 0) is 0 Å². The topological polar surface area (TPSA) is 73.3 Å². The minimum absolute atomic E-state index is 0.0802. The zero-order valence-corrected chi connectivity index (χ0v) is 9.29. The van der Waals surface area contributed by atoms with E-state index in [1.165, 1.54) is 10.7 Å². The van der Waals surface area contributed by atoms with Crippen molar-refractivity contribution in [1.29, 1.82) is 0 Å². The van der Waals surface area contributed by atoms with E-state index >= 15 is 0 Å². The molecule has 0 aliphatic heterocycles.